The Morgan fingerprint density at radius 2 is 0.913 bits per heavy atom. The van der Waals surface area contributed by atoms with E-state index in [0.29, 0.717) is 64.2 Å². The van der Waals surface area contributed by atoms with Crippen molar-refractivity contribution in [3.05, 3.63) is 71.8 Å². The molecule has 1 unspecified atom stereocenters. The first-order chi connectivity index (χ1) is 49.4. The smallest absolute Gasteiger partial charge is 0.325 e. The number of cyclic esters (lactones) is 2. The normalized spacial score (nSPS) is 26.3. The second-order valence-corrected chi connectivity index (χ2v) is 28.8. The molecular weight excluding hydrogens is 1340 g/mol. The molecule has 28 nitrogen and oxygen atoms in total. The van der Waals surface area contributed by atoms with Crippen LogP contribution in [-0.2, 0) is 79.8 Å². The molecule has 10 amide bonds. The standard InChI is InChI=1S/C76H122N12O16/c1-14-17-34-54(35-25-20-26-36-59-48(8)75(101)87(12)57(39-38-53-31-23-19-24-32-53)69(95)83-63(46(6)15-2)73(99)81-55(41-77)67(93)85-65(50(10)89)71(97)79-43-61(91)103-59)78-42-56-68(94)86-66(51(11)90)72(98)80-44-62(92)104-60(37-28-27-33-52-29-21-18-22-30-52)49(9)76(102)88(13)58(40-45(4)5)70(96)84-64(47(7)16-3)74(100)82-56/h18-19,21-24,29-32,45-51,54-60,63-66,78,89-90H,14-17,20,25-28,33-44,77H2,1-13H3,(H,79,97)(H,80,98)(H,81,99)(H,82,100)(H,83,95)(H,84,96)(H,85,93)(H,86,94)/t46-,47-,48-,49-,50+,51+,54?,55+,56+,57+,58+,59-,60-,63+,64+,65+,66+/m1/s1. The fourth-order valence-corrected chi connectivity index (χ4v) is 12.9. The van der Waals surface area contributed by atoms with Crippen LogP contribution in [0, 0.1) is 29.6 Å². The van der Waals surface area contributed by atoms with E-state index >= 15 is 0 Å². The molecule has 2 heterocycles. The molecular formula is C76H122N12O16. The molecule has 2 aromatic carbocycles. The number of ether oxygens (including phenoxy) is 2. The van der Waals surface area contributed by atoms with Crippen molar-refractivity contribution in [2.24, 2.45) is 35.3 Å². The van der Waals surface area contributed by atoms with Crippen molar-refractivity contribution in [1.82, 2.24) is 57.7 Å². The first-order valence-electron chi connectivity index (χ1n) is 37.5. The maximum atomic E-state index is 14.9. The summed E-state index contributed by atoms with van der Waals surface area (Å²) in [5, 5.41) is 46.3. The summed E-state index contributed by atoms with van der Waals surface area (Å²) in [7, 11) is 2.97. The van der Waals surface area contributed by atoms with Crippen molar-refractivity contribution < 1.29 is 77.2 Å². The van der Waals surface area contributed by atoms with Gasteiger partial charge in [0.1, 0.15) is 73.6 Å². The number of rotatable bonds is 29. The lowest BCUT2D eigenvalue weighted by molar-refractivity contribution is -0.158. The minimum atomic E-state index is -1.64. The number of esters is 2. The van der Waals surface area contributed by atoms with Crippen LogP contribution in [0.3, 0.4) is 0 Å². The van der Waals surface area contributed by atoms with Crippen molar-refractivity contribution >= 4 is 71.0 Å². The van der Waals surface area contributed by atoms with Gasteiger partial charge in [0.05, 0.1) is 24.0 Å². The van der Waals surface area contributed by atoms with Crippen LogP contribution < -0.4 is 53.6 Å². The van der Waals surface area contributed by atoms with Gasteiger partial charge in [0.15, 0.2) is 0 Å². The number of nitrogens with one attached hydrogen (secondary N) is 9. The number of aryl methyl sites for hydroxylation is 2. The van der Waals surface area contributed by atoms with Gasteiger partial charge in [-0.3, -0.25) is 57.5 Å². The van der Waals surface area contributed by atoms with E-state index in [1.54, 1.807) is 27.7 Å². The van der Waals surface area contributed by atoms with Gasteiger partial charge in [0, 0.05) is 33.2 Å². The van der Waals surface area contributed by atoms with Crippen LogP contribution in [-0.4, -0.2) is 210 Å². The summed E-state index contributed by atoms with van der Waals surface area (Å²) in [6.07, 6.45) is 2.86. The van der Waals surface area contributed by atoms with Crippen molar-refractivity contribution in [3.8, 4) is 0 Å². The minimum Gasteiger partial charge on any atom is -0.460 e. The van der Waals surface area contributed by atoms with Crippen LogP contribution in [0.25, 0.3) is 0 Å². The van der Waals surface area contributed by atoms with Gasteiger partial charge in [-0.1, -0.05) is 162 Å². The molecule has 4 rings (SSSR count). The summed E-state index contributed by atoms with van der Waals surface area (Å²) >= 11 is 0. The number of carbonyl (C=O) groups excluding carboxylic acids is 12. The Morgan fingerprint density at radius 1 is 0.490 bits per heavy atom. The number of hydrogen-bond acceptors (Lipinski definition) is 18. The summed E-state index contributed by atoms with van der Waals surface area (Å²) in [5.41, 5.74) is 7.96. The van der Waals surface area contributed by atoms with Crippen LogP contribution in [0.5, 0.6) is 0 Å². The van der Waals surface area contributed by atoms with Crippen molar-refractivity contribution in [3.63, 3.8) is 0 Å². The Labute approximate surface area is 614 Å². The zero-order chi connectivity index (χ0) is 77.3. The SMILES string of the molecule is CCCCC(CCCCC[C@H]1OC(=O)CNC(=O)[C@H]([C@H](C)O)NC(=O)[C@H](CN)NC(=O)[C@H]([C@H](C)CC)NC(=O)[C@H](CCc2ccccc2)N(C)C(=O)[C@@H]1C)NC[C@@H]1NC(=O)[C@H]([C@H](C)CC)NC(=O)[C@H](CC(C)C)N(C)C(=O)[C@H](C)[C@@H](CCCCc2ccccc2)OC(=O)CNC(=O)[C@H]([C@H](C)O)NC1=O. The fraction of sp³-hybridized carbons (Fsp3) is 0.684. The summed E-state index contributed by atoms with van der Waals surface area (Å²) in [4.78, 5) is 174. The van der Waals surface area contributed by atoms with Crippen molar-refractivity contribution in [2.75, 3.05) is 40.3 Å². The third-order valence-corrected chi connectivity index (χ3v) is 20.1. The lowest BCUT2D eigenvalue weighted by atomic mass is 9.94. The maximum absolute atomic E-state index is 14.9. The van der Waals surface area contributed by atoms with Crippen LogP contribution in [0.1, 0.15) is 184 Å². The van der Waals surface area contributed by atoms with E-state index in [4.69, 9.17) is 15.2 Å². The molecule has 582 valence electrons. The average Bonchev–Trinajstić information content (AvgIpc) is 1.10. The van der Waals surface area contributed by atoms with Gasteiger partial charge in [0.2, 0.25) is 59.1 Å². The highest BCUT2D eigenvalue weighted by molar-refractivity contribution is 5.98. The van der Waals surface area contributed by atoms with Gasteiger partial charge in [-0.25, -0.2) is 0 Å². The first-order valence-corrected chi connectivity index (χ1v) is 37.5. The number of unbranched alkanes of at least 4 members (excludes halogenated alkanes) is 4. The number of amides is 10. The molecule has 0 aromatic heterocycles. The summed E-state index contributed by atoms with van der Waals surface area (Å²) in [6.45, 7) is 16.6. The van der Waals surface area contributed by atoms with Gasteiger partial charge >= 0.3 is 11.9 Å². The lowest BCUT2D eigenvalue weighted by Crippen LogP contribution is -2.63. The van der Waals surface area contributed by atoms with Gasteiger partial charge in [-0.2, -0.15) is 0 Å². The zero-order valence-corrected chi connectivity index (χ0v) is 63.6. The summed E-state index contributed by atoms with van der Waals surface area (Å²) in [6, 6.07) is 8.06. The van der Waals surface area contributed by atoms with Gasteiger partial charge in [-0.15, -0.1) is 0 Å². The number of hydrogen-bond donors (Lipinski definition) is 12. The highest BCUT2D eigenvalue weighted by Crippen LogP contribution is 2.25. The molecule has 13 N–H and O–H groups in total. The van der Waals surface area contributed by atoms with Crippen LogP contribution >= 0.6 is 0 Å². The molecule has 0 aliphatic carbocycles. The van der Waals surface area contributed by atoms with Crippen LogP contribution in [0.4, 0.5) is 0 Å². The van der Waals surface area contributed by atoms with E-state index in [2.05, 4.69) is 47.9 Å². The largest absolute Gasteiger partial charge is 0.460 e. The third kappa shape index (κ3) is 28.4. The van der Waals surface area contributed by atoms with Gasteiger partial charge < -0.3 is 83.1 Å². The molecule has 2 aliphatic heterocycles. The van der Waals surface area contributed by atoms with E-state index < -0.39 is 187 Å². The summed E-state index contributed by atoms with van der Waals surface area (Å²) in [5.74, 6) is -12.4. The average molecular weight is 1460 g/mol. The number of nitrogens with two attached hydrogens (primary N) is 1. The van der Waals surface area contributed by atoms with Gasteiger partial charge in [0.25, 0.3) is 0 Å². The first kappa shape index (κ1) is 88.3. The number of aliphatic hydroxyl groups excluding tert-OH is 2. The van der Waals surface area contributed by atoms with E-state index in [9.17, 15) is 67.7 Å². The summed E-state index contributed by atoms with van der Waals surface area (Å²) < 4.78 is 12.0. The Balaban J connectivity index is 1.66. The minimum absolute atomic E-state index is 0.103. The second-order valence-electron chi connectivity index (χ2n) is 28.8. The third-order valence-electron chi connectivity index (χ3n) is 20.1. The molecule has 2 aliphatic rings. The van der Waals surface area contributed by atoms with E-state index in [0.717, 1.165) is 30.4 Å². The molecule has 28 heteroatoms. The van der Waals surface area contributed by atoms with Crippen LogP contribution in [0.2, 0.25) is 0 Å². The molecule has 2 saturated heterocycles. The lowest BCUT2D eigenvalue weighted by Gasteiger charge is -2.34. The quantitative estimate of drug-likeness (QED) is 0.0411. The molecule has 0 spiro atoms. The zero-order valence-electron chi connectivity index (χ0n) is 63.6. The fourth-order valence-electron chi connectivity index (χ4n) is 12.9. The molecule has 0 bridgehead atoms. The predicted octanol–water partition coefficient (Wildman–Crippen LogP) is 2.91. The highest BCUT2D eigenvalue weighted by Gasteiger charge is 2.42. The Bertz CT molecular complexity index is 3090. The van der Waals surface area contributed by atoms with Crippen molar-refractivity contribution in [2.45, 2.75) is 264 Å². The molecule has 0 saturated carbocycles. The molecule has 0 radical (unpaired) electrons. The Morgan fingerprint density at radius 3 is 1.37 bits per heavy atom. The number of likely N-dealkylation sites (N-methyl/N-ethyl adjacent to an activating group) is 2. The van der Waals surface area contributed by atoms with E-state index in [-0.39, 0.29) is 44.2 Å². The molecule has 104 heavy (non-hydrogen) atoms. The maximum Gasteiger partial charge on any atom is 0.325 e. The van der Waals surface area contributed by atoms with E-state index in [1.807, 2.05) is 95.3 Å². The van der Waals surface area contributed by atoms with Gasteiger partial charge in [-0.05, 0) is 113 Å². The van der Waals surface area contributed by atoms with Crippen molar-refractivity contribution in [1.29, 1.82) is 0 Å². The van der Waals surface area contributed by atoms with E-state index in [1.165, 1.54) is 37.7 Å². The second kappa shape index (κ2) is 45.3. The Hall–Kier alpha value is -8.08. The van der Waals surface area contributed by atoms with Crippen LogP contribution in [0.15, 0.2) is 60.7 Å². The molecule has 2 aromatic rings. The monoisotopic (exact) mass is 1460 g/mol. The highest BCUT2D eigenvalue weighted by atomic mass is 16.5. The molecule has 17 atom stereocenters. The number of aliphatic hydroxyl groups is 2. The number of carbonyl (C=O) groups is 12. The molecule has 2 fully saturated rings. The topological polar surface area (TPSA) is 405 Å². The number of benzene rings is 2. The number of nitrogens with zero attached hydrogens (tertiary/aromatic N) is 2. The predicted molar refractivity (Wildman–Crippen MR) is 393 cm³/mol. The Kier molecular flexibility index (Phi) is 38.5.